The van der Waals surface area contributed by atoms with E-state index in [0.717, 1.165) is 24.3 Å². The Hall–Kier alpha value is -1.30. The minimum Gasteiger partial charge on any atom is -0.272 e. The van der Waals surface area contributed by atoms with Crippen LogP contribution in [0.2, 0.25) is 0 Å². The van der Waals surface area contributed by atoms with Gasteiger partial charge in [-0.25, -0.2) is 0 Å². The van der Waals surface area contributed by atoms with E-state index in [-0.39, 0.29) is 6.04 Å². The molecule has 0 fully saturated rings. The second-order valence-corrected chi connectivity index (χ2v) is 6.39. The van der Waals surface area contributed by atoms with Gasteiger partial charge in [0.2, 0.25) is 0 Å². The van der Waals surface area contributed by atoms with Crippen LogP contribution in [0.4, 0.5) is 0 Å². The maximum absolute atomic E-state index is 5.71. The third-order valence-corrected chi connectivity index (χ3v) is 4.73. The first-order chi connectivity index (χ1) is 10.1. The molecule has 1 heterocycles. The predicted molar refractivity (Wildman–Crippen MR) is 89.3 cm³/mol. The molecule has 0 saturated carbocycles. The van der Waals surface area contributed by atoms with Crippen molar-refractivity contribution in [3.05, 3.63) is 47.3 Å². The van der Waals surface area contributed by atoms with E-state index in [4.69, 9.17) is 5.84 Å². The first kappa shape index (κ1) is 16.1. The number of hydrazine groups is 1. The van der Waals surface area contributed by atoms with Crippen molar-refractivity contribution in [1.29, 1.82) is 0 Å². The number of thioether (sulfide) groups is 1. The summed E-state index contributed by atoms with van der Waals surface area (Å²) in [5.74, 6) is 6.64. The SMILES string of the molecule is CCc1cc(CC(CSc2ccc(C)cc2)NN)n(C)n1. The van der Waals surface area contributed by atoms with E-state index in [1.54, 1.807) is 0 Å². The quantitative estimate of drug-likeness (QED) is 0.469. The van der Waals surface area contributed by atoms with Gasteiger partial charge in [-0.2, -0.15) is 5.10 Å². The van der Waals surface area contributed by atoms with Gasteiger partial charge in [0.15, 0.2) is 0 Å². The van der Waals surface area contributed by atoms with Crippen LogP contribution in [0, 0.1) is 6.92 Å². The molecule has 4 nitrogen and oxygen atoms in total. The second kappa shape index (κ2) is 7.64. The molecule has 0 radical (unpaired) electrons. The third kappa shape index (κ3) is 4.59. The van der Waals surface area contributed by atoms with Crippen molar-refractivity contribution < 1.29 is 0 Å². The number of nitrogens with one attached hydrogen (secondary N) is 1. The van der Waals surface area contributed by atoms with Gasteiger partial charge in [0.25, 0.3) is 0 Å². The van der Waals surface area contributed by atoms with Gasteiger partial charge in [0.05, 0.1) is 5.69 Å². The van der Waals surface area contributed by atoms with Crippen LogP contribution in [0.3, 0.4) is 0 Å². The van der Waals surface area contributed by atoms with Crippen molar-refractivity contribution in [2.75, 3.05) is 5.75 Å². The summed E-state index contributed by atoms with van der Waals surface area (Å²) in [6, 6.07) is 11.0. The van der Waals surface area contributed by atoms with Gasteiger partial charge in [0, 0.05) is 35.9 Å². The molecule has 1 aromatic heterocycles. The van der Waals surface area contributed by atoms with Crippen LogP contribution >= 0.6 is 11.8 Å². The lowest BCUT2D eigenvalue weighted by Gasteiger charge is -2.15. The van der Waals surface area contributed by atoms with Crippen LogP contribution in [-0.4, -0.2) is 21.6 Å². The number of benzene rings is 1. The Labute approximate surface area is 131 Å². The van der Waals surface area contributed by atoms with Crippen LogP contribution in [0.5, 0.6) is 0 Å². The molecule has 0 aliphatic rings. The lowest BCUT2D eigenvalue weighted by molar-refractivity contribution is 0.550. The number of aromatic nitrogens is 2. The molecule has 0 spiro atoms. The Morgan fingerprint density at radius 3 is 2.62 bits per heavy atom. The molecule has 2 aromatic rings. The predicted octanol–water partition coefficient (Wildman–Crippen LogP) is 2.46. The first-order valence-electron chi connectivity index (χ1n) is 7.29. The number of hydrogen-bond donors (Lipinski definition) is 2. The van der Waals surface area contributed by atoms with Crippen LogP contribution in [-0.2, 0) is 19.9 Å². The van der Waals surface area contributed by atoms with E-state index in [1.807, 2.05) is 23.5 Å². The van der Waals surface area contributed by atoms with E-state index in [0.29, 0.717) is 0 Å². The summed E-state index contributed by atoms with van der Waals surface area (Å²) in [6.07, 6.45) is 1.85. The van der Waals surface area contributed by atoms with Crippen LogP contribution in [0.1, 0.15) is 23.9 Å². The number of nitrogens with two attached hydrogens (primary N) is 1. The van der Waals surface area contributed by atoms with Crippen molar-refractivity contribution in [1.82, 2.24) is 15.2 Å². The highest BCUT2D eigenvalue weighted by Crippen LogP contribution is 2.20. The molecule has 114 valence electrons. The molecule has 0 aliphatic carbocycles. The molecule has 1 unspecified atom stereocenters. The molecule has 3 N–H and O–H groups in total. The fraction of sp³-hybridized carbons (Fsp3) is 0.438. The van der Waals surface area contributed by atoms with Crippen molar-refractivity contribution in [2.24, 2.45) is 12.9 Å². The average molecular weight is 304 g/mol. The highest BCUT2D eigenvalue weighted by molar-refractivity contribution is 7.99. The Balaban J connectivity index is 1.93. The number of nitrogens with zero attached hydrogens (tertiary/aromatic N) is 2. The van der Waals surface area contributed by atoms with Crippen molar-refractivity contribution >= 4 is 11.8 Å². The Morgan fingerprint density at radius 1 is 1.33 bits per heavy atom. The van der Waals surface area contributed by atoms with Gasteiger partial charge in [-0.1, -0.05) is 24.6 Å². The van der Waals surface area contributed by atoms with Gasteiger partial charge in [0.1, 0.15) is 0 Å². The molecule has 1 aromatic carbocycles. The van der Waals surface area contributed by atoms with Gasteiger partial charge in [-0.15, -0.1) is 11.8 Å². The van der Waals surface area contributed by atoms with E-state index in [1.165, 1.54) is 16.2 Å². The van der Waals surface area contributed by atoms with E-state index < -0.39 is 0 Å². The summed E-state index contributed by atoms with van der Waals surface area (Å²) < 4.78 is 1.96. The highest BCUT2D eigenvalue weighted by atomic mass is 32.2. The minimum absolute atomic E-state index is 0.233. The monoisotopic (exact) mass is 304 g/mol. The maximum atomic E-state index is 5.71. The smallest absolute Gasteiger partial charge is 0.0624 e. The van der Waals surface area contributed by atoms with Gasteiger partial charge >= 0.3 is 0 Å². The topological polar surface area (TPSA) is 55.9 Å². The minimum atomic E-state index is 0.233. The number of aryl methyl sites for hydroxylation is 3. The van der Waals surface area contributed by atoms with Crippen molar-refractivity contribution in [2.45, 2.75) is 37.6 Å². The fourth-order valence-corrected chi connectivity index (χ4v) is 3.12. The van der Waals surface area contributed by atoms with Gasteiger partial charge < -0.3 is 0 Å². The van der Waals surface area contributed by atoms with E-state index in [2.05, 4.69) is 54.7 Å². The van der Waals surface area contributed by atoms with Crippen LogP contribution in [0.25, 0.3) is 0 Å². The molecule has 0 amide bonds. The van der Waals surface area contributed by atoms with E-state index >= 15 is 0 Å². The molecule has 0 aliphatic heterocycles. The lowest BCUT2D eigenvalue weighted by atomic mass is 10.2. The molecule has 2 rings (SSSR count). The van der Waals surface area contributed by atoms with Gasteiger partial charge in [-0.3, -0.25) is 16.0 Å². The first-order valence-corrected chi connectivity index (χ1v) is 8.28. The summed E-state index contributed by atoms with van der Waals surface area (Å²) in [7, 11) is 2.00. The standard InChI is InChI=1S/C16H24N4S/c1-4-13-9-15(20(3)19-13)10-14(18-17)11-21-16-7-5-12(2)6-8-16/h5-9,14,18H,4,10-11,17H2,1-3H3. The van der Waals surface area contributed by atoms with Crippen LogP contribution in [0.15, 0.2) is 35.2 Å². The summed E-state index contributed by atoms with van der Waals surface area (Å²) >= 11 is 1.83. The molecule has 21 heavy (non-hydrogen) atoms. The summed E-state index contributed by atoms with van der Waals surface area (Å²) in [6.45, 7) is 4.23. The number of hydrogen-bond acceptors (Lipinski definition) is 4. The van der Waals surface area contributed by atoms with Gasteiger partial charge in [-0.05, 0) is 31.5 Å². The molecular weight excluding hydrogens is 280 g/mol. The average Bonchev–Trinajstić information content (AvgIpc) is 2.85. The van der Waals surface area contributed by atoms with Crippen molar-refractivity contribution in [3.63, 3.8) is 0 Å². The Bertz CT molecular complexity index is 562. The number of rotatable bonds is 7. The zero-order chi connectivity index (χ0) is 15.2. The normalized spacial score (nSPS) is 12.6. The maximum Gasteiger partial charge on any atom is 0.0624 e. The second-order valence-electron chi connectivity index (χ2n) is 5.30. The summed E-state index contributed by atoms with van der Waals surface area (Å²) in [4.78, 5) is 1.28. The Morgan fingerprint density at radius 2 is 2.05 bits per heavy atom. The highest BCUT2D eigenvalue weighted by Gasteiger charge is 2.12. The Kier molecular flexibility index (Phi) is 5.85. The zero-order valence-electron chi connectivity index (χ0n) is 13.0. The molecule has 5 heteroatoms. The zero-order valence-corrected chi connectivity index (χ0v) is 13.8. The molecule has 0 saturated heterocycles. The summed E-state index contributed by atoms with van der Waals surface area (Å²) in [5, 5.41) is 4.49. The van der Waals surface area contributed by atoms with Crippen molar-refractivity contribution in [3.8, 4) is 0 Å². The molecular formula is C16H24N4S. The van der Waals surface area contributed by atoms with E-state index in [9.17, 15) is 0 Å². The molecule has 1 atom stereocenters. The third-order valence-electron chi connectivity index (χ3n) is 3.55. The largest absolute Gasteiger partial charge is 0.272 e. The fourth-order valence-electron chi connectivity index (χ4n) is 2.19. The molecule has 0 bridgehead atoms. The lowest BCUT2D eigenvalue weighted by Crippen LogP contribution is -2.39. The van der Waals surface area contributed by atoms with Crippen LogP contribution < -0.4 is 11.3 Å². The summed E-state index contributed by atoms with van der Waals surface area (Å²) in [5.41, 5.74) is 6.57.